The molecule has 0 spiro atoms. The molecule has 0 fully saturated rings. The highest BCUT2D eigenvalue weighted by Crippen LogP contribution is 2.11. The Morgan fingerprint density at radius 1 is 1.05 bits per heavy atom. The van der Waals surface area contributed by atoms with E-state index < -0.39 is 5.97 Å². The molecule has 5 heteroatoms. The minimum Gasteiger partial charge on any atom is -0.478 e. The number of ether oxygens (including phenoxy) is 1. The predicted octanol–water partition coefficient (Wildman–Crippen LogP) is 2.98. The Bertz CT molecular complexity index is 662. The number of carbonyl (C=O) groups is 3. The van der Waals surface area contributed by atoms with Gasteiger partial charge in [-0.1, -0.05) is 30.3 Å². The number of carbonyl (C=O) groups excluding carboxylic acids is 2. The Balaban J connectivity index is 0.000000224. The standard InChI is InChI=1S/C9H8O3.C8H8O2/c1-6-7(5-10)3-2-4-8(6)9(11)12;1-10-8(9)7-5-3-2-4-6-7/h2-5H,1H3,(H,11,12);2-6H,1H3. The molecule has 5 nitrogen and oxygen atoms in total. The van der Waals surface area contributed by atoms with Crippen molar-refractivity contribution in [2.45, 2.75) is 6.92 Å². The first-order chi connectivity index (χ1) is 10.5. The lowest BCUT2D eigenvalue weighted by Crippen LogP contribution is -2.01. The van der Waals surface area contributed by atoms with Crippen LogP contribution < -0.4 is 0 Å². The molecular formula is C17H16O5. The highest BCUT2D eigenvalue weighted by atomic mass is 16.5. The Kier molecular flexibility index (Phi) is 6.50. The number of hydrogen-bond donors (Lipinski definition) is 1. The quantitative estimate of drug-likeness (QED) is 0.696. The van der Waals surface area contributed by atoms with Gasteiger partial charge in [-0.2, -0.15) is 0 Å². The summed E-state index contributed by atoms with van der Waals surface area (Å²) in [6, 6.07) is 13.5. The Morgan fingerprint density at radius 2 is 1.68 bits per heavy atom. The lowest BCUT2D eigenvalue weighted by molar-refractivity contribution is 0.0599. The summed E-state index contributed by atoms with van der Waals surface area (Å²) >= 11 is 0. The fourth-order valence-electron chi connectivity index (χ4n) is 1.70. The minimum atomic E-state index is -1.00. The van der Waals surface area contributed by atoms with Crippen LogP contribution in [0.3, 0.4) is 0 Å². The first-order valence-electron chi connectivity index (χ1n) is 6.42. The highest BCUT2D eigenvalue weighted by molar-refractivity contribution is 5.92. The van der Waals surface area contributed by atoms with Gasteiger partial charge in [-0.25, -0.2) is 9.59 Å². The molecule has 0 radical (unpaired) electrons. The maximum atomic E-state index is 10.8. The number of aldehydes is 1. The summed E-state index contributed by atoms with van der Waals surface area (Å²) in [5.74, 6) is -1.29. The average Bonchev–Trinajstić information content (AvgIpc) is 2.55. The highest BCUT2D eigenvalue weighted by Gasteiger charge is 2.08. The van der Waals surface area contributed by atoms with Crippen LogP contribution in [0.25, 0.3) is 0 Å². The van der Waals surface area contributed by atoms with Gasteiger partial charge in [0.1, 0.15) is 6.29 Å². The Morgan fingerprint density at radius 3 is 2.18 bits per heavy atom. The number of methoxy groups -OCH3 is 1. The van der Waals surface area contributed by atoms with Crippen molar-refractivity contribution in [2.24, 2.45) is 0 Å². The summed E-state index contributed by atoms with van der Waals surface area (Å²) < 4.78 is 4.50. The van der Waals surface area contributed by atoms with E-state index in [0.717, 1.165) is 0 Å². The molecule has 0 aromatic heterocycles. The predicted molar refractivity (Wildman–Crippen MR) is 81.3 cm³/mol. The monoisotopic (exact) mass is 300 g/mol. The maximum absolute atomic E-state index is 10.8. The first kappa shape index (κ1) is 17.1. The van der Waals surface area contributed by atoms with Crippen molar-refractivity contribution in [3.8, 4) is 0 Å². The lowest BCUT2D eigenvalue weighted by atomic mass is 10.0. The summed E-state index contributed by atoms with van der Waals surface area (Å²) in [5, 5.41) is 8.67. The van der Waals surface area contributed by atoms with Crippen LogP contribution in [0.4, 0.5) is 0 Å². The minimum absolute atomic E-state index is 0.180. The summed E-state index contributed by atoms with van der Waals surface area (Å²) in [4.78, 5) is 31.8. The second-order valence-electron chi connectivity index (χ2n) is 4.30. The van der Waals surface area contributed by atoms with Gasteiger partial charge >= 0.3 is 11.9 Å². The van der Waals surface area contributed by atoms with Gasteiger partial charge in [0.05, 0.1) is 18.2 Å². The molecule has 0 saturated heterocycles. The molecular weight excluding hydrogens is 284 g/mol. The molecule has 0 aliphatic carbocycles. The topological polar surface area (TPSA) is 80.7 Å². The van der Waals surface area contributed by atoms with Crippen molar-refractivity contribution in [3.63, 3.8) is 0 Å². The van der Waals surface area contributed by atoms with Crippen molar-refractivity contribution in [2.75, 3.05) is 7.11 Å². The smallest absolute Gasteiger partial charge is 0.337 e. The van der Waals surface area contributed by atoms with Gasteiger partial charge in [-0.05, 0) is 30.7 Å². The fourth-order valence-corrected chi connectivity index (χ4v) is 1.70. The van der Waals surface area contributed by atoms with Crippen LogP contribution in [0.1, 0.15) is 36.6 Å². The average molecular weight is 300 g/mol. The summed E-state index contributed by atoms with van der Waals surface area (Å²) in [6.45, 7) is 1.62. The number of hydrogen-bond acceptors (Lipinski definition) is 4. The fraction of sp³-hybridized carbons (Fsp3) is 0.118. The summed E-state index contributed by atoms with van der Waals surface area (Å²) in [7, 11) is 1.37. The van der Waals surface area contributed by atoms with Crippen LogP contribution in [-0.2, 0) is 4.74 Å². The molecule has 0 amide bonds. The van der Waals surface area contributed by atoms with E-state index in [1.165, 1.54) is 13.2 Å². The third-order valence-electron chi connectivity index (χ3n) is 2.93. The SMILES string of the molecule is COC(=O)c1ccccc1.Cc1c(C=O)cccc1C(=O)O. The number of rotatable bonds is 3. The van der Waals surface area contributed by atoms with Crippen LogP contribution in [-0.4, -0.2) is 30.4 Å². The number of carboxylic acids is 1. The van der Waals surface area contributed by atoms with E-state index in [9.17, 15) is 14.4 Å². The van der Waals surface area contributed by atoms with Gasteiger partial charge < -0.3 is 9.84 Å². The molecule has 0 saturated carbocycles. The normalized spacial score (nSPS) is 9.18. The molecule has 114 valence electrons. The number of esters is 1. The zero-order valence-corrected chi connectivity index (χ0v) is 12.3. The molecule has 0 aliphatic rings. The van der Waals surface area contributed by atoms with Crippen molar-refractivity contribution in [1.82, 2.24) is 0 Å². The van der Waals surface area contributed by atoms with Gasteiger partial charge in [0.15, 0.2) is 0 Å². The van der Waals surface area contributed by atoms with Gasteiger partial charge in [-0.3, -0.25) is 4.79 Å². The van der Waals surface area contributed by atoms with Crippen molar-refractivity contribution in [3.05, 3.63) is 70.8 Å². The van der Waals surface area contributed by atoms with E-state index in [4.69, 9.17) is 5.11 Å². The number of benzene rings is 2. The third-order valence-corrected chi connectivity index (χ3v) is 2.93. The van der Waals surface area contributed by atoms with Crippen LogP contribution >= 0.6 is 0 Å². The molecule has 0 atom stereocenters. The van der Waals surface area contributed by atoms with Crippen molar-refractivity contribution < 1.29 is 24.2 Å². The van der Waals surface area contributed by atoms with E-state index in [0.29, 0.717) is 23.0 Å². The van der Waals surface area contributed by atoms with Gasteiger partial charge in [0.25, 0.3) is 0 Å². The molecule has 2 aromatic carbocycles. The molecule has 1 N–H and O–H groups in total. The van der Waals surface area contributed by atoms with E-state index in [2.05, 4.69) is 4.74 Å². The Labute approximate surface area is 128 Å². The van der Waals surface area contributed by atoms with Crippen molar-refractivity contribution in [1.29, 1.82) is 0 Å². The summed E-state index contributed by atoms with van der Waals surface area (Å²) in [6.07, 6.45) is 0.655. The second kappa shape index (κ2) is 8.36. The van der Waals surface area contributed by atoms with E-state index >= 15 is 0 Å². The summed E-state index contributed by atoms with van der Waals surface area (Å²) in [5.41, 5.74) is 1.71. The maximum Gasteiger partial charge on any atom is 0.337 e. The van der Waals surface area contributed by atoms with Crippen LogP contribution in [0, 0.1) is 6.92 Å². The Hall–Kier alpha value is -2.95. The van der Waals surface area contributed by atoms with E-state index in [1.54, 1.807) is 43.3 Å². The third kappa shape index (κ3) is 4.56. The molecule has 0 heterocycles. The largest absolute Gasteiger partial charge is 0.478 e. The molecule has 2 rings (SSSR count). The molecule has 0 bridgehead atoms. The van der Waals surface area contributed by atoms with Crippen molar-refractivity contribution >= 4 is 18.2 Å². The first-order valence-corrected chi connectivity index (χ1v) is 6.42. The second-order valence-corrected chi connectivity index (χ2v) is 4.30. The molecule has 22 heavy (non-hydrogen) atoms. The van der Waals surface area contributed by atoms with E-state index in [-0.39, 0.29) is 11.5 Å². The zero-order valence-electron chi connectivity index (χ0n) is 12.3. The van der Waals surface area contributed by atoms with Gasteiger partial charge in [0, 0.05) is 5.56 Å². The molecule has 2 aromatic rings. The van der Waals surface area contributed by atoms with Crippen LogP contribution in [0.5, 0.6) is 0 Å². The van der Waals surface area contributed by atoms with Crippen LogP contribution in [0.15, 0.2) is 48.5 Å². The van der Waals surface area contributed by atoms with Gasteiger partial charge in [-0.15, -0.1) is 0 Å². The molecule has 0 aliphatic heterocycles. The lowest BCUT2D eigenvalue weighted by Gasteiger charge is -2.01. The van der Waals surface area contributed by atoms with Crippen LogP contribution in [0.2, 0.25) is 0 Å². The van der Waals surface area contributed by atoms with Gasteiger partial charge in [0.2, 0.25) is 0 Å². The number of carboxylic acid groups (broad SMARTS) is 1. The molecule has 0 unspecified atom stereocenters. The number of aromatic carboxylic acids is 1. The van der Waals surface area contributed by atoms with E-state index in [1.807, 2.05) is 6.07 Å². The zero-order chi connectivity index (χ0) is 16.5.